The monoisotopic (exact) mass is 507 g/mol. The predicted molar refractivity (Wildman–Crippen MR) is 129 cm³/mol. The largest absolute Gasteiger partial charge is 0.493 e. The van der Waals surface area contributed by atoms with Crippen molar-refractivity contribution >= 4 is 17.6 Å². The van der Waals surface area contributed by atoms with Gasteiger partial charge in [-0.1, -0.05) is 0 Å². The van der Waals surface area contributed by atoms with Crippen molar-refractivity contribution in [3.63, 3.8) is 0 Å². The third-order valence-electron chi connectivity index (χ3n) is 6.26. The van der Waals surface area contributed by atoms with Gasteiger partial charge in [-0.3, -0.25) is 14.3 Å². The highest BCUT2D eigenvalue weighted by Gasteiger charge is 2.37. The summed E-state index contributed by atoms with van der Waals surface area (Å²) in [5.74, 6) is -0.294. The Morgan fingerprint density at radius 2 is 1.89 bits per heavy atom. The molecule has 0 radical (unpaired) electrons. The molecule has 0 unspecified atom stereocenters. The van der Waals surface area contributed by atoms with E-state index in [1.165, 1.54) is 40.0 Å². The fraction of sp³-hybridized carbons (Fsp3) is 0.308. The van der Waals surface area contributed by atoms with E-state index < -0.39 is 23.3 Å². The summed E-state index contributed by atoms with van der Waals surface area (Å²) in [7, 11) is 0. The summed E-state index contributed by atoms with van der Waals surface area (Å²) >= 11 is 0. The molecule has 0 aliphatic carbocycles. The first-order chi connectivity index (χ1) is 17.7. The van der Waals surface area contributed by atoms with Crippen LogP contribution in [0.5, 0.6) is 11.5 Å². The van der Waals surface area contributed by atoms with Crippen LogP contribution in [-0.4, -0.2) is 44.5 Å². The number of pyridine rings is 2. The first kappa shape index (κ1) is 23.1. The molecule has 5 heterocycles. The quantitative estimate of drug-likeness (QED) is 0.363. The van der Waals surface area contributed by atoms with Gasteiger partial charge in [0.15, 0.2) is 17.2 Å². The summed E-state index contributed by atoms with van der Waals surface area (Å²) in [5, 5.41) is 8.18. The van der Waals surface area contributed by atoms with Gasteiger partial charge >= 0.3 is 6.09 Å². The minimum atomic E-state index is -0.831. The van der Waals surface area contributed by atoms with Crippen molar-refractivity contribution in [1.29, 1.82) is 0 Å². The zero-order chi connectivity index (χ0) is 25.9. The molecule has 37 heavy (non-hydrogen) atoms. The molecule has 9 nitrogen and oxygen atoms in total. The molecule has 6 rings (SSSR count). The Balaban J connectivity index is 1.61. The molecule has 1 aromatic carbocycles. The van der Waals surface area contributed by atoms with E-state index in [1.54, 1.807) is 32.9 Å². The van der Waals surface area contributed by atoms with Gasteiger partial charge in [-0.05, 0) is 51.1 Å². The van der Waals surface area contributed by atoms with Gasteiger partial charge in [-0.25, -0.2) is 13.6 Å². The molecule has 0 saturated carbocycles. The lowest BCUT2D eigenvalue weighted by atomic mass is 9.95. The van der Waals surface area contributed by atoms with Crippen LogP contribution < -0.4 is 14.4 Å². The number of amides is 1. The van der Waals surface area contributed by atoms with E-state index >= 15 is 4.39 Å². The SMILES string of the molecule is CC(C)(C)OC(=O)N1Cc2c(F)ccc3c2[C@H](CO3)COc2cc(-c3ncccc3F)c3nncn3c21. The molecular weight excluding hydrogens is 484 g/mol. The molecule has 0 saturated heterocycles. The highest BCUT2D eigenvalue weighted by molar-refractivity contribution is 5.91. The number of hydrogen-bond acceptors (Lipinski definition) is 7. The van der Waals surface area contributed by atoms with Crippen LogP contribution in [0.3, 0.4) is 0 Å². The minimum absolute atomic E-state index is 0.0522. The molecule has 2 aliphatic rings. The molecule has 190 valence electrons. The van der Waals surface area contributed by atoms with Gasteiger partial charge in [0.05, 0.1) is 31.2 Å². The van der Waals surface area contributed by atoms with Gasteiger partial charge in [0, 0.05) is 17.3 Å². The molecule has 0 bridgehead atoms. The smallest absolute Gasteiger partial charge is 0.416 e. The Morgan fingerprint density at radius 1 is 1.11 bits per heavy atom. The number of fused-ring (bicyclic) bond motifs is 3. The van der Waals surface area contributed by atoms with Crippen molar-refractivity contribution in [2.75, 3.05) is 18.1 Å². The second-order valence-electron chi connectivity index (χ2n) is 9.93. The van der Waals surface area contributed by atoms with E-state index in [9.17, 15) is 9.18 Å². The number of rotatable bonds is 1. The zero-order valence-corrected chi connectivity index (χ0v) is 20.4. The Bertz CT molecular complexity index is 1550. The molecule has 0 fully saturated rings. The number of ether oxygens (including phenoxy) is 3. The van der Waals surface area contributed by atoms with Crippen LogP contribution in [0, 0.1) is 11.6 Å². The fourth-order valence-electron chi connectivity index (χ4n) is 4.73. The highest BCUT2D eigenvalue weighted by Crippen LogP contribution is 2.44. The lowest BCUT2D eigenvalue weighted by molar-refractivity contribution is 0.0574. The number of benzene rings is 1. The Hall–Kier alpha value is -4.28. The van der Waals surface area contributed by atoms with Gasteiger partial charge in [-0.15, -0.1) is 10.2 Å². The molecule has 1 amide bonds. The van der Waals surface area contributed by atoms with E-state index in [0.29, 0.717) is 29.0 Å². The predicted octanol–water partition coefficient (Wildman–Crippen LogP) is 4.88. The summed E-state index contributed by atoms with van der Waals surface area (Å²) in [5.41, 5.74) is 0.749. The number of carbonyl (C=O) groups is 1. The summed E-state index contributed by atoms with van der Waals surface area (Å²) in [6.07, 6.45) is 2.13. The van der Waals surface area contributed by atoms with Gasteiger partial charge < -0.3 is 14.2 Å². The molecule has 0 spiro atoms. The molecular formula is C26H23F2N5O4. The summed E-state index contributed by atoms with van der Waals surface area (Å²) in [6, 6.07) is 7.26. The second kappa shape index (κ2) is 8.39. The number of carbonyl (C=O) groups excluding carboxylic acids is 1. The third kappa shape index (κ3) is 3.90. The van der Waals surface area contributed by atoms with Crippen LogP contribution in [0.4, 0.5) is 19.4 Å². The van der Waals surface area contributed by atoms with Gasteiger partial charge in [0.25, 0.3) is 0 Å². The highest BCUT2D eigenvalue weighted by atomic mass is 19.1. The standard InChI is InChI=1S/C26H23F2N5O4/c1-26(2,3)37-25(34)32-10-16-17(27)6-7-19-21(16)14(11-35-19)12-36-20-9-15(22-18(28)5-4-8-29-22)23-31-30-13-33(23)24(20)32/h4-9,13-14H,10-12H2,1-3H3/t14-/m1/s1. The van der Waals surface area contributed by atoms with E-state index in [0.717, 1.165) is 0 Å². The number of aromatic nitrogens is 4. The summed E-state index contributed by atoms with van der Waals surface area (Å²) in [4.78, 5) is 19.1. The maximum Gasteiger partial charge on any atom is 0.416 e. The summed E-state index contributed by atoms with van der Waals surface area (Å²) < 4.78 is 49.3. The zero-order valence-electron chi connectivity index (χ0n) is 20.4. The van der Waals surface area contributed by atoms with E-state index in [1.807, 2.05) is 0 Å². The minimum Gasteiger partial charge on any atom is -0.493 e. The Labute approximate surface area is 210 Å². The number of nitrogens with zero attached hydrogens (tertiary/aromatic N) is 5. The van der Waals surface area contributed by atoms with Gasteiger partial charge in [-0.2, -0.15) is 0 Å². The van der Waals surface area contributed by atoms with Crippen molar-refractivity contribution in [2.45, 2.75) is 38.8 Å². The lowest BCUT2D eigenvalue weighted by Gasteiger charge is -2.29. The van der Waals surface area contributed by atoms with Crippen molar-refractivity contribution in [3.05, 3.63) is 65.6 Å². The van der Waals surface area contributed by atoms with Crippen LogP contribution in [0.15, 0.2) is 42.9 Å². The number of hydrogen-bond donors (Lipinski definition) is 0. The van der Waals surface area contributed by atoms with E-state index in [-0.39, 0.29) is 42.0 Å². The van der Waals surface area contributed by atoms with Crippen LogP contribution in [-0.2, 0) is 11.3 Å². The molecule has 4 aromatic rings. The van der Waals surface area contributed by atoms with Crippen LogP contribution in [0.25, 0.3) is 16.9 Å². The number of halogens is 2. The van der Waals surface area contributed by atoms with Crippen molar-refractivity contribution < 1.29 is 27.8 Å². The average Bonchev–Trinajstić information content (AvgIpc) is 3.49. The summed E-state index contributed by atoms with van der Waals surface area (Å²) in [6.45, 7) is 5.49. The van der Waals surface area contributed by atoms with Crippen LogP contribution in [0.1, 0.15) is 37.8 Å². The first-order valence-corrected chi connectivity index (χ1v) is 11.8. The van der Waals surface area contributed by atoms with E-state index in [2.05, 4.69) is 15.2 Å². The van der Waals surface area contributed by atoms with Crippen LogP contribution >= 0.6 is 0 Å². The third-order valence-corrected chi connectivity index (χ3v) is 6.26. The van der Waals surface area contributed by atoms with Crippen molar-refractivity contribution in [3.8, 4) is 22.8 Å². The molecule has 3 aromatic heterocycles. The molecule has 11 heteroatoms. The first-order valence-electron chi connectivity index (χ1n) is 11.8. The Kier molecular flexibility index (Phi) is 5.25. The molecule has 0 N–H and O–H groups in total. The van der Waals surface area contributed by atoms with Gasteiger partial charge in [0.1, 0.15) is 35.0 Å². The maximum atomic E-state index is 15.3. The topological polar surface area (TPSA) is 91.1 Å². The van der Waals surface area contributed by atoms with Gasteiger partial charge in [0.2, 0.25) is 0 Å². The van der Waals surface area contributed by atoms with Crippen LogP contribution in [0.2, 0.25) is 0 Å². The number of anilines is 1. The lowest BCUT2D eigenvalue weighted by Crippen LogP contribution is -2.38. The normalized spacial score (nSPS) is 16.7. The Morgan fingerprint density at radius 3 is 2.65 bits per heavy atom. The van der Waals surface area contributed by atoms with Crippen molar-refractivity contribution in [1.82, 2.24) is 19.6 Å². The molecule has 2 aliphatic heterocycles. The maximum absolute atomic E-state index is 15.3. The molecule has 1 atom stereocenters. The average molecular weight is 507 g/mol. The second-order valence-corrected chi connectivity index (χ2v) is 9.93. The van der Waals surface area contributed by atoms with Crippen molar-refractivity contribution in [2.24, 2.45) is 0 Å². The fourth-order valence-corrected chi connectivity index (χ4v) is 4.73. The van der Waals surface area contributed by atoms with E-state index in [4.69, 9.17) is 14.2 Å².